The number of aryl methyl sites for hydroxylation is 1. The van der Waals surface area contributed by atoms with Crippen LogP contribution >= 0.6 is 0 Å². The molecule has 1 atom stereocenters. The third-order valence-electron chi connectivity index (χ3n) is 2.65. The fraction of sp³-hybridized carbons (Fsp3) is 0.571. The molecule has 1 aromatic carbocycles. The van der Waals surface area contributed by atoms with E-state index in [0.29, 0.717) is 13.2 Å². The Bertz CT molecular complexity index is 337. The van der Waals surface area contributed by atoms with Crippen LogP contribution in [0.25, 0.3) is 0 Å². The summed E-state index contributed by atoms with van der Waals surface area (Å²) in [6.07, 6.45) is 0.936. The molecule has 1 aromatic rings. The highest BCUT2D eigenvalue weighted by Gasteiger charge is 2.20. The van der Waals surface area contributed by atoms with Gasteiger partial charge in [-0.3, -0.25) is 0 Å². The number of rotatable bonds is 7. The van der Waals surface area contributed by atoms with Gasteiger partial charge in [-0.2, -0.15) is 0 Å². The molecule has 0 saturated heterocycles. The number of nitrogens with one attached hydrogen (secondary N) is 1. The normalized spacial score (nSPS) is 14.4. The average molecular weight is 237 g/mol. The van der Waals surface area contributed by atoms with Gasteiger partial charge >= 0.3 is 0 Å². The van der Waals surface area contributed by atoms with Crippen molar-refractivity contribution in [2.75, 3.05) is 19.7 Å². The summed E-state index contributed by atoms with van der Waals surface area (Å²) in [6, 6.07) is 7.95. The smallest absolute Gasteiger partial charge is 0.122 e. The largest absolute Gasteiger partial charge is 0.490 e. The van der Waals surface area contributed by atoms with E-state index < -0.39 is 5.60 Å². The van der Waals surface area contributed by atoms with E-state index in [1.165, 1.54) is 5.56 Å². The lowest BCUT2D eigenvalue weighted by atomic mass is 10.1. The Morgan fingerprint density at radius 2 is 2.00 bits per heavy atom. The third-order valence-corrected chi connectivity index (χ3v) is 2.65. The lowest BCUT2D eigenvalue weighted by Gasteiger charge is -2.24. The number of hydrogen-bond donors (Lipinski definition) is 2. The maximum atomic E-state index is 10.1. The quantitative estimate of drug-likeness (QED) is 0.762. The first-order valence-electron chi connectivity index (χ1n) is 6.23. The molecule has 3 nitrogen and oxygen atoms in total. The van der Waals surface area contributed by atoms with Crippen molar-refractivity contribution < 1.29 is 9.84 Å². The first-order chi connectivity index (χ1) is 8.09. The summed E-state index contributed by atoms with van der Waals surface area (Å²) in [5.41, 5.74) is 0.336. The number of hydrogen-bond acceptors (Lipinski definition) is 3. The predicted molar refractivity (Wildman–Crippen MR) is 70.5 cm³/mol. The first-order valence-corrected chi connectivity index (χ1v) is 6.23. The summed E-state index contributed by atoms with van der Waals surface area (Å²) in [5.74, 6) is 0.867. The van der Waals surface area contributed by atoms with Crippen LogP contribution in [-0.2, 0) is 6.42 Å². The van der Waals surface area contributed by atoms with Crippen LogP contribution in [0.15, 0.2) is 24.3 Å². The van der Waals surface area contributed by atoms with Gasteiger partial charge in [-0.25, -0.2) is 0 Å². The Morgan fingerprint density at radius 3 is 2.65 bits per heavy atom. The van der Waals surface area contributed by atoms with Crippen molar-refractivity contribution in [1.29, 1.82) is 0 Å². The van der Waals surface area contributed by atoms with Crippen LogP contribution in [0.5, 0.6) is 5.75 Å². The van der Waals surface area contributed by atoms with Gasteiger partial charge in [0, 0.05) is 6.54 Å². The second-order valence-corrected chi connectivity index (χ2v) is 4.53. The summed E-state index contributed by atoms with van der Waals surface area (Å²) in [7, 11) is 0. The molecule has 1 rings (SSSR count). The number of aliphatic hydroxyl groups is 1. The predicted octanol–water partition coefficient (Wildman–Crippen LogP) is 1.99. The van der Waals surface area contributed by atoms with Gasteiger partial charge in [0.2, 0.25) is 0 Å². The lowest BCUT2D eigenvalue weighted by molar-refractivity contribution is 0.0125. The Hall–Kier alpha value is -1.06. The molecule has 0 bridgehead atoms. The lowest BCUT2D eigenvalue weighted by Crippen LogP contribution is -2.42. The summed E-state index contributed by atoms with van der Waals surface area (Å²) in [5, 5.41) is 13.2. The molecule has 0 heterocycles. The number of para-hydroxylation sites is 1. The van der Waals surface area contributed by atoms with E-state index >= 15 is 0 Å². The molecule has 2 N–H and O–H groups in total. The molecule has 0 aromatic heterocycles. The maximum Gasteiger partial charge on any atom is 0.122 e. The van der Waals surface area contributed by atoms with E-state index in [-0.39, 0.29) is 0 Å². The van der Waals surface area contributed by atoms with E-state index in [4.69, 9.17) is 4.74 Å². The van der Waals surface area contributed by atoms with Gasteiger partial charge in [-0.15, -0.1) is 0 Å². The maximum absolute atomic E-state index is 10.1. The molecule has 0 saturated carbocycles. The first kappa shape index (κ1) is 14.0. The highest BCUT2D eigenvalue weighted by Crippen LogP contribution is 2.19. The molecule has 96 valence electrons. The van der Waals surface area contributed by atoms with Crippen LogP contribution in [0.1, 0.15) is 26.3 Å². The highest BCUT2D eigenvalue weighted by atomic mass is 16.5. The number of benzene rings is 1. The van der Waals surface area contributed by atoms with E-state index in [0.717, 1.165) is 18.7 Å². The Morgan fingerprint density at radius 1 is 1.29 bits per heavy atom. The molecular formula is C14H23NO2. The van der Waals surface area contributed by atoms with Crippen molar-refractivity contribution >= 4 is 0 Å². The molecule has 3 heteroatoms. The molecule has 0 aliphatic rings. The summed E-state index contributed by atoms with van der Waals surface area (Å²) in [6.45, 7) is 7.59. The minimum Gasteiger partial charge on any atom is -0.490 e. The fourth-order valence-corrected chi connectivity index (χ4v) is 1.62. The van der Waals surface area contributed by atoms with Gasteiger partial charge < -0.3 is 15.2 Å². The van der Waals surface area contributed by atoms with Gasteiger partial charge in [-0.1, -0.05) is 32.0 Å². The van der Waals surface area contributed by atoms with E-state index in [2.05, 4.69) is 12.2 Å². The highest BCUT2D eigenvalue weighted by molar-refractivity contribution is 5.33. The number of likely N-dealkylation sites (N-methyl/N-ethyl adjacent to an activating group) is 1. The average Bonchev–Trinajstić information content (AvgIpc) is 2.34. The second kappa shape index (κ2) is 6.62. The van der Waals surface area contributed by atoms with Gasteiger partial charge in [0.1, 0.15) is 18.0 Å². The van der Waals surface area contributed by atoms with Crippen LogP contribution < -0.4 is 10.1 Å². The third kappa shape index (κ3) is 4.75. The molecule has 0 spiro atoms. The van der Waals surface area contributed by atoms with Crippen molar-refractivity contribution in [2.24, 2.45) is 0 Å². The van der Waals surface area contributed by atoms with Crippen molar-refractivity contribution in [3.8, 4) is 5.75 Å². The van der Waals surface area contributed by atoms with Crippen LogP contribution in [-0.4, -0.2) is 30.4 Å². The Balaban J connectivity index is 2.54. The van der Waals surface area contributed by atoms with Crippen molar-refractivity contribution in [3.63, 3.8) is 0 Å². The fourth-order valence-electron chi connectivity index (χ4n) is 1.62. The van der Waals surface area contributed by atoms with Crippen LogP contribution in [0, 0.1) is 0 Å². The van der Waals surface area contributed by atoms with Gasteiger partial charge in [0.25, 0.3) is 0 Å². The van der Waals surface area contributed by atoms with Gasteiger partial charge in [-0.05, 0) is 31.5 Å². The monoisotopic (exact) mass is 237 g/mol. The molecule has 17 heavy (non-hydrogen) atoms. The van der Waals surface area contributed by atoms with Crippen LogP contribution in [0.2, 0.25) is 0 Å². The van der Waals surface area contributed by atoms with Crippen LogP contribution in [0.4, 0.5) is 0 Å². The minimum atomic E-state index is -0.836. The molecule has 0 fully saturated rings. The summed E-state index contributed by atoms with van der Waals surface area (Å²) >= 11 is 0. The molecule has 1 unspecified atom stereocenters. The molecular weight excluding hydrogens is 214 g/mol. The standard InChI is InChI=1S/C14H23NO2/c1-4-12-8-6-7-9-13(12)17-11-14(3,16)10-15-5-2/h6-9,15-16H,4-5,10-11H2,1-3H3. The zero-order valence-corrected chi connectivity index (χ0v) is 11.0. The van der Waals surface area contributed by atoms with Crippen molar-refractivity contribution in [2.45, 2.75) is 32.8 Å². The van der Waals surface area contributed by atoms with Crippen molar-refractivity contribution in [1.82, 2.24) is 5.32 Å². The minimum absolute atomic E-state index is 0.303. The molecule has 0 aliphatic carbocycles. The van der Waals surface area contributed by atoms with Gasteiger partial charge in [0.05, 0.1) is 0 Å². The Kier molecular flexibility index (Phi) is 5.45. The zero-order chi connectivity index (χ0) is 12.7. The summed E-state index contributed by atoms with van der Waals surface area (Å²) < 4.78 is 5.70. The zero-order valence-electron chi connectivity index (χ0n) is 11.0. The number of ether oxygens (including phenoxy) is 1. The topological polar surface area (TPSA) is 41.5 Å². The van der Waals surface area contributed by atoms with E-state index in [1.54, 1.807) is 6.92 Å². The summed E-state index contributed by atoms with van der Waals surface area (Å²) in [4.78, 5) is 0. The van der Waals surface area contributed by atoms with Gasteiger partial charge in [0.15, 0.2) is 0 Å². The van der Waals surface area contributed by atoms with Crippen LogP contribution in [0.3, 0.4) is 0 Å². The molecule has 0 radical (unpaired) electrons. The second-order valence-electron chi connectivity index (χ2n) is 4.53. The van der Waals surface area contributed by atoms with Crippen molar-refractivity contribution in [3.05, 3.63) is 29.8 Å². The Labute approximate surface area is 104 Å². The van der Waals surface area contributed by atoms with E-state index in [9.17, 15) is 5.11 Å². The van der Waals surface area contributed by atoms with E-state index in [1.807, 2.05) is 31.2 Å². The molecule has 0 amide bonds. The SMILES string of the molecule is CCNCC(C)(O)COc1ccccc1CC. The molecule has 0 aliphatic heterocycles.